The Morgan fingerprint density at radius 3 is 2.42 bits per heavy atom. The largest absolute Gasteiger partial charge is 0.445 e. The second kappa shape index (κ2) is 6.75. The maximum absolute atomic E-state index is 11.3. The Bertz CT molecular complexity index is 424. The molecule has 0 heterocycles. The van der Waals surface area contributed by atoms with Crippen LogP contribution in [0.2, 0.25) is 0 Å². The van der Waals surface area contributed by atoms with Crippen LogP contribution in [0.1, 0.15) is 19.4 Å². The molecule has 0 unspecified atom stereocenters. The Morgan fingerprint density at radius 2 is 1.84 bits per heavy atom. The molecule has 0 aliphatic carbocycles. The van der Waals surface area contributed by atoms with Crippen LogP contribution in [0.4, 0.5) is 4.79 Å². The summed E-state index contributed by atoms with van der Waals surface area (Å²) in [5.41, 5.74) is -0.735. The highest BCUT2D eigenvalue weighted by Gasteiger charge is 2.25. The molecule has 1 amide bonds. The number of hydrogen-bond acceptors (Lipinski definition) is 5. The van der Waals surface area contributed by atoms with Crippen molar-refractivity contribution in [2.24, 2.45) is 0 Å². The highest BCUT2D eigenvalue weighted by Crippen LogP contribution is 2.03. The first-order valence-corrected chi connectivity index (χ1v) is 5.74. The lowest BCUT2D eigenvalue weighted by atomic mass is 10.1. The Labute approximate surface area is 111 Å². The van der Waals surface area contributed by atoms with Crippen LogP contribution >= 0.6 is 0 Å². The molecule has 0 aliphatic rings. The van der Waals surface area contributed by atoms with Crippen molar-refractivity contribution in [3.63, 3.8) is 0 Å². The molecule has 6 nitrogen and oxygen atoms in total. The average Bonchev–Trinajstić information content (AvgIpc) is 2.36. The van der Waals surface area contributed by atoms with Gasteiger partial charge in [-0.2, -0.15) is 0 Å². The third kappa shape index (κ3) is 5.87. The predicted octanol–water partition coefficient (Wildman–Crippen LogP) is 1.18. The van der Waals surface area contributed by atoms with Gasteiger partial charge in [-0.25, -0.2) is 9.59 Å². The molecule has 0 atom stereocenters. The molecule has 0 aliphatic heterocycles. The van der Waals surface area contributed by atoms with Crippen LogP contribution in [-0.4, -0.2) is 29.5 Å². The van der Waals surface area contributed by atoms with E-state index in [-0.39, 0.29) is 13.3 Å². The fourth-order valence-electron chi connectivity index (χ4n) is 1.11. The van der Waals surface area contributed by atoms with Gasteiger partial charge in [-0.3, -0.25) is 5.32 Å². The van der Waals surface area contributed by atoms with Gasteiger partial charge < -0.3 is 14.6 Å². The molecule has 0 saturated heterocycles. The molecule has 0 spiro atoms. The summed E-state index contributed by atoms with van der Waals surface area (Å²) in [6.45, 7) is 2.37. The fourth-order valence-corrected chi connectivity index (χ4v) is 1.11. The van der Waals surface area contributed by atoms with Gasteiger partial charge in [-0.1, -0.05) is 30.3 Å². The Kier molecular flexibility index (Phi) is 5.32. The minimum absolute atomic E-state index is 0.131. The predicted molar refractivity (Wildman–Crippen MR) is 67.0 cm³/mol. The molecular weight excluding hydrogens is 250 g/mol. The second-order valence-corrected chi connectivity index (χ2v) is 4.37. The molecule has 2 N–H and O–H groups in total. The number of amides is 1. The number of benzene rings is 1. The van der Waals surface area contributed by atoms with Gasteiger partial charge in [0.2, 0.25) is 0 Å². The average molecular weight is 267 g/mol. The highest BCUT2D eigenvalue weighted by atomic mass is 16.6. The van der Waals surface area contributed by atoms with Gasteiger partial charge in [0.15, 0.2) is 12.3 Å². The molecule has 1 aromatic carbocycles. The van der Waals surface area contributed by atoms with E-state index in [4.69, 9.17) is 4.74 Å². The highest BCUT2D eigenvalue weighted by molar-refractivity contribution is 5.78. The SMILES string of the molecule is CC(C)(O)C(=O)OCNC(=O)OCc1ccccc1. The van der Waals surface area contributed by atoms with E-state index in [9.17, 15) is 14.7 Å². The molecule has 0 aromatic heterocycles. The Hall–Kier alpha value is -2.08. The first kappa shape index (κ1) is 15.0. The lowest BCUT2D eigenvalue weighted by molar-refractivity contribution is -0.162. The van der Waals surface area contributed by atoms with Gasteiger partial charge in [0, 0.05) is 0 Å². The first-order valence-electron chi connectivity index (χ1n) is 5.74. The smallest absolute Gasteiger partial charge is 0.410 e. The summed E-state index contributed by atoms with van der Waals surface area (Å²) in [5, 5.41) is 11.5. The lowest BCUT2D eigenvalue weighted by Crippen LogP contribution is -2.37. The summed E-state index contributed by atoms with van der Waals surface area (Å²) in [5.74, 6) is -0.823. The molecule has 1 rings (SSSR count). The summed E-state index contributed by atoms with van der Waals surface area (Å²) in [6.07, 6.45) is -0.701. The number of esters is 1. The normalized spacial score (nSPS) is 10.7. The summed E-state index contributed by atoms with van der Waals surface area (Å²) in [6, 6.07) is 9.17. The van der Waals surface area contributed by atoms with Crippen molar-refractivity contribution in [3.8, 4) is 0 Å². The molecule has 104 valence electrons. The van der Waals surface area contributed by atoms with Crippen LogP contribution in [0.15, 0.2) is 30.3 Å². The van der Waals surface area contributed by atoms with E-state index < -0.39 is 17.7 Å². The van der Waals surface area contributed by atoms with Crippen molar-refractivity contribution < 1.29 is 24.2 Å². The number of alkyl carbamates (subject to hydrolysis) is 1. The van der Waals surface area contributed by atoms with Crippen LogP contribution in [0.25, 0.3) is 0 Å². The van der Waals surface area contributed by atoms with E-state index in [1.165, 1.54) is 13.8 Å². The molecule has 19 heavy (non-hydrogen) atoms. The maximum Gasteiger partial charge on any atom is 0.410 e. The third-order valence-corrected chi connectivity index (χ3v) is 2.13. The zero-order valence-corrected chi connectivity index (χ0v) is 10.9. The summed E-state index contributed by atoms with van der Waals surface area (Å²) < 4.78 is 9.52. The van der Waals surface area contributed by atoms with Crippen molar-refractivity contribution in [1.29, 1.82) is 0 Å². The topological polar surface area (TPSA) is 84.9 Å². The molecular formula is C13H17NO5. The van der Waals surface area contributed by atoms with Crippen molar-refractivity contribution >= 4 is 12.1 Å². The van der Waals surface area contributed by atoms with Gasteiger partial charge in [0.25, 0.3) is 0 Å². The second-order valence-electron chi connectivity index (χ2n) is 4.37. The number of nitrogens with one attached hydrogen (secondary N) is 1. The molecule has 0 bridgehead atoms. The van der Waals surface area contributed by atoms with Crippen molar-refractivity contribution in [1.82, 2.24) is 5.32 Å². The van der Waals surface area contributed by atoms with Crippen LogP contribution in [0.3, 0.4) is 0 Å². The van der Waals surface area contributed by atoms with Gasteiger partial charge in [-0.15, -0.1) is 0 Å². The lowest BCUT2D eigenvalue weighted by Gasteiger charge is -2.15. The number of carbonyl (C=O) groups excluding carboxylic acids is 2. The monoisotopic (exact) mass is 267 g/mol. The van der Waals surface area contributed by atoms with Gasteiger partial charge in [0.05, 0.1) is 0 Å². The van der Waals surface area contributed by atoms with E-state index in [0.717, 1.165) is 5.56 Å². The van der Waals surface area contributed by atoms with E-state index >= 15 is 0 Å². The van der Waals surface area contributed by atoms with Gasteiger partial charge >= 0.3 is 12.1 Å². The minimum Gasteiger partial charge on any atom is -0.445 e. The van der Waals surface area contributed by atoms with Gasteiger partial charge in [-0.05, 0) is 19.4 Å². The molecule has 0 fully saturated rings. The number of aliphatic hydroxyl groups is 1. The fraction of sp³-hybridized carbons (Fsp3) is 0.385. The minimum atomic E-state index is -1.59. The third-order valence-electron chi connectivity index (χ3n) is 2.13. The molecule has 0 radical (unpaired) electrons. The van der Waals surface area contributed by atoms with Crippen LogP contribution < -0.4 is 5.32 Å². The zero-order chi connectivity index (χ0) is 14.3. The standard InChI is InChI=1S/C13H17NO5/c1-13(2,17)11(15)19-9-14-12(16)18-8-10-6-4-3-5-7-10/h3-7,17H,8-9H2,1-2H3,(H,14,16). The number of ether oxygens (including phenoxy) is 2. The number of hydrogen-bond donors (Lipinski definition) is 2. The van der Waals surface area contributed by atoms with E-state index in [2.05, 4.69) is 10.1 Å². The summed E-state index contributed by atoms with van der Waals surface area (Å²) >= 11 is 0. The van der Waals surface area contributed by atoms with E-state index in [1.54, 1.807) is 0 Å². The molecule has 6 heteroatoms. The Balaban J connectivity index is 2.20. The summed E-state index contributed by atoms with van der Waals surface area (Å²) in [7, 11) is 0. The quantitative estimate of drug-likeness (QED) is 0.618. The van der Waals surface area contributed by atoms with Crippen LogP contribution in [0.5, 0.6) is 0 Å². The number of carbonyl (C=O) groups is 2. The van der Waals surface area contributed by atoms with E-state index in [0.29, 0.717) is 0 Å². The zero-order valence-electron chi connectivity index (χ0n) is 10.9. The van der Waals surface area contributed by atoms with Crippen molar-refractivity contribution in [3.05, 3.63) is 35.9 Å². The van der Waals surface area contributed by atoms with Crippen molar-refractivity contribution in [2.45, 2.75) is 26.1 Å². The molecule has 0 saturated carbocycles. The maximum atomic E-state index is 11.3. The van der Waals surface area contributed by atoms with Crippen LogP contribution in [0, 0.1) is 0 Å². The number of rotatable bonds is 5. The molecule has 1 aromatic rings. The van der Waals surface area contributed by atoms with Gasteiger partial charge in [0.1, 0.15) is 6.61 Å². The Morgan fingerprint density at radius 1 is 1.21 bits per heavy atom. The summed E-state index contributed by atoms with van der Waals surface area (Å²) in [4.78, 5) is 22.4. The first-order chi connectivity index (χ1) is 8.89. The van der Waals surface area contributed by atoms with Crippen molar-refractivity contribution in [2.75, 3.05) is 6.73 Å². The van der Waals surface area contributed by atoms with E-state index in [1.807, 2.05) is 30.3 Å². The van der Waals surface area contributed by atoms with Crippen LogP contribution in [-0.2, 0) is 20.9 Å².